The first-order chi connectivity index (χ1) is 19.7. The highest BCUT2D eigenvalue weighted by molar-refractivity contribution is 9.09. The Hall–Kier alpha value is -3.27. The predicted molar refractivity (Wildman–Crippen MR) is 161 cm³/mol. The van der Waals surface area contributed by atoms with Crippen LogP contribution in [0.3, 0.4) is 0 Å². The van der Waals surface area contributed by atoms with Crippen molar-refractivity contribution in [2.45, 2.75) is 55.3 Å². The van der Waals surface area contributed by atoms with E-state index in [1.807, 2.05) is 74.5 Å². The lowest BCUT2D eigenvalue weighted by molar-refractivity contribution is -0.143. The number of aliphatic hydroxyl groups is 1. The lowest BCUT2D eigenvalue weighted by atomic mass is 9.70. The molecule has 0 radical (unpaired) electrons. The molecule has 3 aliphatic rings. The van der Waals surface area contributed by atoms with Gasteiger partial charge in [0.05, 0.1) is 30.6 Å². The van der Waals surface area contributed by atoms with Gasteiger partial charge in [-0.3, -0.25) is 14.4 Å². The molecule has 0 saturated carbocycles. The zero-order chi connectivity index (χ0) is 28.9. The number of nitrogens with zero attached hydrogens (tertiary/aromatic N) is 1. The van der Waals surface area contributed by atoms with E-state index in [-0.39, 0.29) is 35.1 Å². The molecular weight excluding hydrogens is 586 g/mol. The maximum atomic E-state index is 14.3. The van der Waals surface area contributed by atoms with Crippen molar-refractivity contribution in [3.05, 3.63) is 72.8 Å². The van der Waals surface area contributed by atoms with Crippen molar-refractivity contribution in [1.29, 1.82) is 0 Å². The number of halogens is 1. The van der Waals surface area contributed by atoms with Gasteiger partial charge in [-0.15, -0.1) is 0 Å². The third-order valence-corrected chi connectivity index (χ3v) is 9.53. The van der Waals surface area contributed by atoms with Crippen LogP contribution in [0.5, 0.6) is 0 Å². The molecule has 7 atom stereocenters. The largest absolute Gasteiger partial charge is 0.394 e. The quantitative estimate of drug-likeness (QED) is 0.320. The number of anilines is 2. The number of rotatable bonds is 8. The second kappa shape index (κ2) is 10.9. The molecular formula is C32H34BrN3O5. The van der Waals surface area contributed by atoms with Gasteiger partial charge in [0.1, 0.15) is 11.6 Å². The van der Waals surface area contributed by atoms with Crippen LogP contribution < -0.4 is 10.6 Å². The number of ether oxygens (including phenoxy) is 1. The monoisotopic (exact) mass is 619 g/mol. The molecule has 3 aliphatic heterocycles. The number of amides is 3. The third kappa shape index (κ3) is 4.73. The van der Waals surface area contributed by atoms with Crippen molar-refractivity contribution in [1.82, 2.24) is 4.90 Å². The Morgan fingerprint density at radius 1 is 1.00 bits per heavy atom. The van der Waals surface area contributed by atoms with Gasteiger partial charge in [0, 0.05) is 16.2 Å². The van der Waals surface area contributed by atoms with Crippen molar-refractivity contribution < 1.29 is 24.2 Å². The fraction of sp³-hybridized carbons (Fsp3) is 0.406. The molecule has 3 heterocycles. The summed E-state index contributed by atoms with van der Waals surface area (Å²) in [5.74, 6) is -2.49. The van der Waals surface area contributed by atoms with Crippen molar-refractivity contribution in [3.8, 4) is 0 Å². The number of fused-ring (bicyclic) bond motifs is 2. The summed E-state index contributed by atoms with van der Waals surface area (Å²) >= 11 is 3.71. The fourth-order valence-electron chi connectivity index (χ4n) is 7.10. The second-order valence-electron chi connectivity index (χ2n) is 11.8. The summed E-state index contributed by atoms with van der Waals surface area (Å²) in [7, 11) is 0. The number of nitrogens with one attached hydrogen (secondary N) is 2. The van der Waals surface area contributed by atoms with Crippen LogP contribution >= 0.6 is 15.9 Å². The van der Waals surface area contributed by atoms with Crippen LogP contribution in [-0.4, -0.2) is 63.0 Å². The molecule has 3 aromatic carbocycles. The molecule has 3 unspecified atom stereocenters. The normalized spacial score (nSPS) is 29.1. The Kier molecular flexibility index (Phi) is 7.38. The minimum absolute atomic E-state index is 0.167. The fourth-order valence-corrected chi connectivity index (χ4v) is 8.05. The molecule has 3 fully saturated rings. The van der Waals surface area contributed by atoms with E-state index in [4.69, 9.17) is 4.74 Å². The van der Waals surface area contributed by atoms with Crippen LogP contribution in [0.25, 0.3) is 10.8 Å². The molecule has 0 aliphatic carbocycles. The van der Waals surface area contributed by atoms with Crippen LogP contribution in [0.1, 0.15) is 26.7 Å². The van der Waals surface area contributed by atoms with E-state index >= 15 is 0 Å². The van der Waals surface area contributed by atoms with E-state index in [1.165, 1.54) is 4.90 Å². The van der Waals surface area contributed by atoms with Gasteiger partial charge < -0.3 is 25.4 Å². The van der Waals surface area contributed by atoms with Crippen molar-refractivity contribution in [2.75, 3.05) is 17.2 Å². The molecule has 6 rings (SSSR count). The van der Waals surface area contributed by atoms with Gasteiger partial charge in [0.2, 0.25) is 17.7 Å². The standard InChI is InChI=1S/C32H34BrN3O5/c1-18(2)14-23(17-37)36-28(30(39)35-22-13-12-19-8-6-7-9-20(19)15-22)32-16-24(33)27(41-32)25(26(32)31(36)40)29(38)34-21-10-4-3-5-11-21/h3-13,15,18,23-28,37H,14,16-17H2,1-2H3,(H,34,38)(H,35,39)/t23-,24?,25+,26+,27+,28?,32?/m1/s1. The molecule has 3 saturated heterocycles. The number of benzene rings is 3. The van der Waals surface area contributed by atoms with Gasteiger partial charge >= 0.3 is 0 Å². The Balaban J connectivity index is 1.38. The van der Waals surface area contributed by atoms with Gasteiger partial charge in [0.15, 0.2) is 0 Å². The molecule has 3 aromatic rings. The number of carbonyl (C=O) groups is 3. The molecule has 41 heavy (non-hydrogen) atoms. The minimum atomic E-state index is -1.21. The smallest absolute Gasteiger partial charge is 0.250 e. The molecule has 0 aromatic heterocycles. The summed E-state index contributed by atoms with van der Waals surface area (Å²) in [6.07, 6.45) is 0.339. The Morgan fingerprint density at radius 3 is 2.39 bits per heavy atom. The molecule has 214 valence electrons. The summed E-state index contributed by atoms with van der Waals surface area (Å²) in [4.78, 5) is 43.6. The van der Waals surface area contributed by atoms with Gasteiger partial charge in [0.25, 0.3) is 0 Å². The van der Waals surface area contributed by atoms with Gasteiger partial charge in [-0.05, 0) is 53.8 Å². The number of para-hydroxylation sites is 1. The number of carbonyl (C=O) groups excluding carboxylic acids is 3. The van der Waals surface area contributed by atoms with Crippen LogP contribution in [0.4, 0.5) is 11.4 Å². The molecule has 8 nitrogen and oxygen atoms in total. The number of alkyl halides is 1. The Bertz CT molecular complexity index is 1480. The zero-order valence-electron chi connectivity index (χ0n) is 23.0. The third-order valence-electron chi connectivity index (χ3n) is 8.68. The SMILES string of the molecule is CC(C)C[C@H](CO)N1C(=O)[C@@H]2[C@H](C(=O)Nc3ccccc3)[C@H]3OC2(CC3Br)C1C(=O)Nc1ccc2ccccc2c1. The topological polar surface area (TPSA) is 108 Å². The van der Waals surface area contributed by atoms with E-state index in [2.05, 4.69) is 26.6 Å². The van der Waals surface area contributed by atoms with Gasteiger partial charge in [-0.25, -0.2) is 0 Å². The van der Waals surface area contributed by atoms with Crippen LogP contribution in [-0.2, 0) is 19.1 Å². The highest BCUT2D eigenvalue weighted by Gasteiger charge is 2.77. The maximum Gasteiger partial charge on any atom is 0.250 e. The van der Waals surface area contributed by atoms with E-state index in [1.54, 1.807) is 12.1 Å². The Morgan fingerprint density at radius 2 is 1.68 bits per heavy atom. The minimum Gasteiger partial charge on any atom is -0.394 e. The molecule has 2 bridgehead atoms. The van der Waals surface area contributed by atoms with Crippen molar-refractivity contribution in [3.63, 3.8) is 0 Å². The first-order valence-electron chi connectivity index (χ1n) is 14.1. The summed E-state index contributed by atoms with van der Waals surface area (Å²) in [5, 5.41) is 18.5. The number of hydrogen-bond acceptors (Lipinski definition) is 5. The van der Waals surface area contributed by atoms with E-state index < -0.39 is 35.6 Å². The average molecular weight is 621 g/mol. The average Bonchev–Trinajstić information content (AvgIpc) is 3.55. The number of likely N-dealkylation sites (tertiary alicyclic amines) is 1. The number of hydrogen-bond donors (Lipinski definition) is 3. The van der Waals surface area contributed by atoms with Crippen LogP contribution in [0.15, 0.2) is 72.8 Å². The predicted octanol–water partition coefficient (Wildman–Crippen LogP) is 4.57. The molecule has 1 spiro atoms. The summed E-state index contributed by atoms with van der Waals surface area (Å²) in [5.41, 5.74) is 0.0213. The Labute approximate surface area is 247 Å². The van der Waals surface area contributed by atoms with Crippen LogP contribution in [0.2, 0.25) is 0 Å². The lowest BCUT2D eigenvalue weighted by Crippen LogP contribution is -2.56. The van der Waals surface area contributed by atoms with Crippen molar-refractivity contribution in [2.24, 2.45) is 17.8 Å². The maximum absolute atomic E-state index is 14.3. The summed E-state index contributed by atoms with van der Waals surface area (Å²) in [6, 6.07) is 21.0. The van der Waals surface area contributed by atoms with E-state index in [9.17, 15) is 19.5 Å². The van der Waals surface area contributed by atoms with Gasteiger partial charge in [-0.2, -0.15) is 0 Å². The highest BCUT2D eigenvalue weighted by Crippen LogP contribution is 2.60. The first-order valence-corrected chi connectivity index (χ1v) is 15.1. The highest BCUT2D eigenvalue weighted by atomic mass is 79.9. The summed E-state index contributed by atoms with van der Waals surface area (Å²) < 4.78 is 6.60. The molecule has 9 heteroatoms. The van der Waals surface area contributed by atoms with Crippen molar-refractivity contribution >= 4 is 55.8 Å². The second-order valence-corrected chi connectivity index (χ2v) is 13.0. The van der Waals surface area contributed by atoms with E-state index in [0.717, 1.165) is 10.8 Å². The molecule has 3 amide bonds. The summed E-state index contributed by atoms with van der Waals surface area (Å²) in [6.45, 7) is 3.73. The molecule has 3 N–H and O–H groups in total. The van der Waals surface area contributed by atoms with E-state index in [0.29, 0.717) is 24.2 Å². The lowest BCUT2D eigenvalue weighted by Gasteiger charge is -2.37. The zero-order valence-corrected chi connectivity index (χ0v) is 24.6. The first kappa shape index (κ1) is 27.9. The van der Waals surface area contributed by atoms with Crippen LogP contribution in [0, 0.1) is 17.8 Å². The number of aliphatic hydroxyl groups excluding tert-OH is 1. The van der Waals surface area contributed by atoms with Gasteiger partial charge in [-0.1, -0.05) is 78.3 Å².